The normalized spacial score (nSPS) is 37.9. The predicted molar refractivity (Wildman–Crippen MR) is 90.3 cm³/mol. The molecule has 3 unspecified atom stereocenters. The number of hydrogen-bond acceptors (Lipinski definition) is 3. The molecule has 3 atom stereocenters. The van der Waals surface area contributed by atoms with Gasteiger partial charge >= 0.3 is 0 Å². The minimum absolute atomic E-state index is 0.0427. The van der Waals surface area contributed by atoms with Gasteiger partial charge in [0.2, 0.25) is 15.9 Å². The molecule has 0 aromatic rings. The van der Waals surface area contributed by atoms with Crippen LogP contribution in [0.5, 0.6) is 0 Å². The van der Waals surface area contributed by atoms with Crippen molar-refractivity contribution < 1.29 is 13.2 Å². The highest BCUT2D eigenvalue weighted by Gasteiger charge is 2.61. The van der Waals surface area contributed by atoms with Gasteiger partial charge in [-0.3, -0.25) is 4.79 Å². The first kappa shape index (κ1) is 17.2. The zero-order valence-electron chi connectivity index (χ0n) is 14.8. The molecule has 2 saturated carbocycles. The largest absolute Gasteiger partial charge is 0.353 e. The summed E-state index contributed by atoms with van der Waals surface area (Å²) in [5, 5.41) is 3.32. The predicted octanol–water partition coefficient (Wildman–Crippen LogP) is 1.99. The number of nitrogens with zero attached hydrogens (tertiary/aromatic N) is 1. The first-order valence-corrected chi connectivity index (χ1v) is 10.7. The van der Waals surface area contributed by atoms with E-state index in [9.17, 15) is 13.2 Å². The Hall–Kier alpha value is -0.620. The minimum Gasteiger partial charge on any atom is -0.353 e. The molecule has 1 saturated heterocycles. The van der Waals surface area contributed by atoms with E-state index in [2.05, 4.69) is 26.1 Å². The molecule has 1 heterocycles. The number of piperidine rings is 1. The summed E-state index contributed by atoms with van der Waals surface area (Å²) in [6.07, 6.45) is 6.08. The van der Waals surface area contributed by atoms with Crippen LogP contribution in [0.25, 0.3) is 0 Å². The third kappa shape index (κ3) is 2.72. The van der Waals surface area contributed by atoms with E-state index < -0.39 is 10.0 Å². The number of sulfonamides is 1. The van der Waals surface area contributed by atoms with Crippen LogP contribution in [0, 0.1) is 22.7 Å². The van der Waals surface area contributed by atoms with Crippen molar-refractivity contribution in [3.63, 3.8) is 0 Å². The Morgan fingerprint density at radius 2 is 1.74 bits per heavy atom. The number of carbonyl (C=O) groups is 1. The van der Waals surface area contributed by atoms with Gasteiger partial charge in [-0.25, -0.2) is 12.7 Å². The monoisotopic (exact) mass is 342 g/mol. The van der Waals surface area contributed by atoms with Gasteiger partial charge in [0.25, 0.3) is 0 Å². The average Bonchev–Trinajstić information content (AvgIpc) is 2.80. The van der Waals surface area contributed by atoms with Crippen LogP contribution >= 0.6 is 0 Å². The molecule has 0 aromatic heterocycles. The van der Waals surface area contributed by atoms with E-state index in [4.69, 9.17) is 0 Å². The maximum atomic E-state index is 12.7. The van der Waals surface area contributed by atoms with Crippen LogP contribution < -0.4 is 5.32 Å². The maximum Gasteiger partial charge on any atom is 0.223 e. The zero-order chi connectivity index (χ0) is 17.0. The van der Waals surface area contributed by atoms with Gasteiger partial charge in [0.05, 0.1) is 6.26 Å². The first-order chi connectivity index (χ1) is 10.6. The molecular weight excluding hydrogens is 312 g/mol. The molecule has 3 fully saturated rings. The fourth-order valence-corrected chi connectivity index (χ4v) is 6.04. The van der Waals surface area contributed by atoms with Crippen LogP contribution in [0.4, 0.5) is 0 Å². The summed E-state index contributed by atoms with van der Waals surface area (Å²) in [5.41, 5.74) is 0.491. The molecule has 3 aliphatic rings. The Labute approximate surface area is 140 Å². The van der Waals surface area contributed by atoms with Crippen LogP contribution in [-0.4, -0.2) is 44.0 Å². The van der Waals surface area contributed by atoms with Gasteiger partial charge in [-0.2, -0.15) is 0 Å². The zero-order valence-corrected chi connectivity index (χ0v) is 15.6. The lowest BCUT2D eigenvalue weighted by molar-refractivity contribution is -0.127. The van der Waals surface area contributed by atoms with Crippen molar-refractivity contribution in [2.24, 2.45) is 22.7 Å². The van der Waals surface area contributed by atoms with Crippen molar-refractivity contribution in [2.45, 2.75) is 58.9 Å². The smallest absolute Gasteiger partial charge is 0.223 e. The molecule has 0 radical (unpaired) electrons. The van der Waals surface area contributed by atoms with Crippen LogP contribution in [0.2, 0.25) is 0 Å². The van der Waals surface area contributed by atoms with Crippen molar-refractivity contribution in [1.29, 1.82) is 0 Å². The number of nitrogens with one attached hydrogen (secondary N) is 1. The molecule has 0 aromatic carbocycles. The number of rotatable bonds is 3. The molecular formula is C17H30N2O3S. The van der Waals surface area contributed by atoms with Crippen LogP contribution in [0.1, 0.15) is 52.9 Å². The second-order valence-corrected chi connectivity index (χ2v) is 10.6. The number of fused-ring (bicyclic) bond motifs is 2. The molecule has 1 amide bonds. The molecule has 6 heteroatoms. The molecule has 2 bridgehead atoms. The minimum atomic E-state index is -3.13. The van der Waals surface area contributed by atoms with Crippen molar-refractivity contribution in [1.82, 2.24) is 9.62 Å². The third-order valence-electron chi connectivity index (χ3n) is 7.40. The van der Waals surface area contributed by atoms with Gasteiger partial charge in [-0.05, 0) is 48.9 Å². The Morgan fingerprint density at radius 1 is 1.13 bits per heavy atom. The van der Waals surface area contributed by atoms with Gasteiger partial charge in [-0.15, -0.1) is 0 Å². The number of carbonyl (C=O) groups excluding carboxylic acids is 1. The maximum absolute atomic E-state index is 12.7. The summed E-state index contributed by atoms with van der Waals surface area (Å²) in [6.45, 7) is 7.96. The molecule has 1 N–H and O–H groups in total. The third-order valence-corrected chi connectivity index (χ3v) is 8.71. The van der Waals surface area contributed by atoms with E-state index >= 15 is 0 Å². The van der Waals surface area contributed by atoms with E-state index in [0.29, 0.717) is 37.3 Å². The van der Waals surface area contributed by atoms with E-state index in [1.54, 1.807) is 0 Å². The number of amides is 1. The van der Waals surface area contributed by atoms with Crippen LogP contribution in [0.15, 0.2) is 0 Å². The SMILES string of the molecule is CC1(C)C2CCC1(C)C(NC(=O)C1CCN(S(C)(=O)=O)CC1)C2. The summed E-state index contributed by atoms with van der Waals surface area (Å²) in [6, 6.07) is 0.275. The van der Waals surface area contributed by atoms with E-state index in [-0.39, 0.29) is 23.3 Å². The Kier molecular flexibility index (Phi) is 4.08. The van der Waals surface area contributed by atoms with E-state index in [0.717, 1.165) is 6.42 Å². The molecule has 23 heavy (non-hydrogen) atoms. The highest BCUT2D eigenvalue weighted by Crippen LogP contribution is 2.65. The van der Waals surface area contributed by atoms with Crippen molar-refractivity contribution >= 4 is 15.9 Å². The van der Waals surface area contributed by atoms with Gasteiger partial charge in [0.1, 0.15) is 0 Å². The Balaban J connectivity index is 1.59. The van der Waals surface area contributed by atoms with Crippen LogP contribution in [0.3, 0.4) is 0 Å². The lowest BCUT2D eigenvalue weighted by Gasteiger charge is -2.40. The Morgan fingerprint density at radius 3 is 2.17 bits per heavy atom. The summed E-state index contributed by atoms with van der Waals surface area (Å²) in [7, 11) is -3.13. The van der Waals surface area contributed by atoms with Crippen molar-refractivity contribution in [3.8, 4) is 0 Å². The second kappa shape index (κ2) is 5.45. The molecule has 5 nitrogen and oxygen atoms in total. The quantitative estimate of drug-likeness (QED) is 0.853. The lowest BCUT2D eigenvalue weighted by atomic mass is 9.69. The van der Waals surface area contributed by atoms with Crippen molar-refractivity contribution in [2.75, 3.05) is 19.3 Å². The van der Waals surface area contributed by atoms with Gasteiger partial charge < -0.3 is 5.32 Å². The van der Waals surface area contributed by atoms with E-state index in [1.807, 2.05) is 0 Å². The highest BCUT2D eigenvalue weighted by atomic mass is 32.2. The summed E-state index contributed by atoms with van der Waals surface area (Å²) in [5.74, 6) is 0.802. The van der Waals surface area contributed by atoms with Crippen LogP contribution in [-0.2, 0) is 14.8 Å². The van der Waals surface area contributed by atoms with E-state index in [1.165, 1.54) is 23.4 Å². The van der Waals surface area contributed by atoms with Crippen molar-refractivity contribution in [3.05, 3.63) is 0 Å². The highest BCUT2D eigenvalue weighted by molar-refractivity contribution is 7.88. The van der Waals surface area contributed by atoms with Gasteiger partial charge in [-0.1, -0.05) is 20.8 Å². The average molecular weight is 343 g/mol. The fourth-order valence-electron chi connectivity index (χ4n) is 5.16. The topological polar surface area (TPSA) is 66.5 Å². The molecule has 2 aliphatic carbocycles. The first-order valence-electron chi connectivity index (χ1n) is 8.81. The molecule has 3 rings (SSSR count). The lowest BCUT2D eigenvalue weighted by Crippen LogP contribution is -2.50. The summed E-state index contributed by atoms with van der Waals surface area (Å²) < 4.78 is 24.6. The van der Waals surface area contributed by atoms with Gasteiger partial charge in [0, 0.05) is 25.0 Å². The molecule has 132 valence electrons. The Bertz CT molecular complexity index is 593. The summed E-state index contributed by atoms with van der Waals surface area (Å²) in [4.78, 5) is 12.7. The molecule has 1 aliphatic heterocycles. The van der Waals surface area contributed by atoms with Gasteiger partial charge in [0.15, 0.2) is 0 Å². The number of hydrogen-bond donors (Lipinski definition) is 1. The standard InChI is InChI=1S/C17H30N2O3S/c1-16(2)13-5-8-17(16,3)14(11-13)18-15(20)12-6-9-19(10-7-12)23(4,21)22/h12-14H,5-11H2,1-4H3,(H,18,20). The molecule has 0 spiro atoms. The summed E-state index contributed by atoms with van der Waals surface area (Å²) >= 11 is 0. The fraction of sp³-hybridized carbons (Fsp3) is 0.941. The second-order valence-electron chi connectivity index (χ2n) is 8.61.